The molecular weight excluding hydrogens is 594 g/mol. The molecule has 0 unspecified atom stereocenters. The number of nitrogens with zero attached hydrogens (tertiary/aromatic N) is 5. The first-order chi connectivity index (χ1) is 20.5. The van der Waals surface area contributed by atoms with E-state index in [1.807, 2.05) is 13.8 Å². The van der Waals surface area contributed by atoms with Gasteiger partial charge in [-0.1, -0.05) is 23.7 Å². The number of hydrogen-bond acceptors (Lipinski definition) is 9. The predicted molar refractivity (Wildman–Crippen MR) is 168 cm³/mol. The Morgan fingerprint density at radius 1 is 1.09 bits per heavy atom. The molecule has 12 nitrogen and oxygen atoms in total. The summed E-state index contributed by atoms with van der Waals surface area (Å²) in [6.45, 7) is 9.15. The van der Waals surface area contributed by atoms with E-state index in [2.05, 4.69) is 20.6 Å². The predicted octanol–water partition coefficient (Wildman–Crippen LogP) is 4.92. The Labute approximate surface area is 256 Å². The molecule has 43 heavy (non-hydrogen) atoms. The van der Waals surface area contributed by atoms with Crippen molar-refractivity contribution >= 4 is 62.2 Å². The number of methoxy groups -OCH3 is 1. The standard InChI is InChI=1S/C29H36ClN7O5S/c1-6-35(7-2)26(38)18-36-14-15-37(29(36)39)20-12-13-22(24(16-20)42-5)33-28-31-17-21(30)27(34-28)32-23-10-8-9-11-25(23)43(40,41)19(3)4/h8-13,16-17,19H,6-7,14-15,18H2,1-5H3,(H2,31,32,33,34). The Kier molecular flexibility index (Phi) is 9.97. The molecule has 1 fully saturated rings. The van der Waals surface area contributed by atoms with Crippen LogP contribution in [0.5, 0.6) is 5.75 Å². The van der Waals surface area contributed by atoms with Gasteiger partial charge in [-0.25, -0.2) is 18.2 Å². The third-order valence-corrected chi connectivity index (χ3v) is 9.58. The zero-order valence-corrected chi connectivity index (χ0v) is 26.4. The van der Waals surface area contributed by atoms with E-state index in [9.17, 15) is 18.0 Å². The number of nitrogens with one attached hydrogen (secondary N) is 2. The molecular formula is C29H36ClN7O5S. The summed E-state index contributed by atoms with van der Waals surface area (Å²) in [5.41, 5.74) is 1.49. The van der Waals surface area contributed by atoms with Crippen molar-refractivity contribution in [2.75, 3.05) is 55.4 Å². The zero-order chi connectivity index (χ0) is 31.3. The number of sulfone groups is 1. The molecule has 4 rings (SSSR count). The van der Waals surface area contributed by atoms with Crippen LogP contribution in [0.1, 0.15) is 27.7 Å². The molecule has 2 N–H and O–H groups in total. The molecule has 1 aliphatic heterocycles. The minimum atomic E-state index is -3.57. The molecule has 1 aromatic heterocycles. The highest BCUT2D eigenvalue weighted by Crippen LogP contribution is 2.34. The van der Waals surface area contributed by atoms with E-state index in [-0.39, 0.29) is 40.2 Å². The summed E-state index contributed by atoms with van der Waals surface area (Å²) < 4.78 is 31.4. The van der Waals surface area contributed by atoms with Crippen molar-refractivity contribution in [3.05, 3.63) is 53.7 Å². The monoisotopic (exact) mass is 629 g/mol. The van der Waals surface area contributed by atoms with Crippen molar-refractivity contribution in [1.82, 2.24) is 19.8 Å². The van der Waals surface area contributed by atoms with E-state index in [1.54, 1.807) is 64.9 Å². The second-order valence-corrected chi connectivity index (χ2v) is 12.9. The van der Waals surface area contributed by atoms with Crippen LogP contribution in [-0.2, 0) is 14.6 Å². The number of para-hydroxylation sites is 1. The first kappa shape index (κ1) is 31.8. The van der Waals surface area contributed by atoms with Crippen LogP contribution in [0, 0.1) is 0 Å². The lowest BCUT2D eigenvalue weighted by atomic mass is 10.2. The van der Waals surface area contributed by atoms with Crippen LogP contribution in [0.25, 0.3) is 0 Å². The normalized spacial score (nSPS) is 13.4. The topological polar surface area (TPSA) is 137 Å². The minimum absolute atomic E-state index is 0.0337. The van der Waals surface area contributed by atoms with Gasteiger partial charge in [0.25, 0.3) is 0 Å². The summed E-state index contributed by atoms with van der Waals surface area (Å²) in [6, 6.07) is 11.5. The first-order valence-corrected chi connectivity index (χ1v) is 15.8. The van der Waals surface area contributed by atoms with Crippen molar-refractivity contribution in [2.24, 2.45) is 0 Å². The molecule has 0 aliphatic carbocycles. The highest BCUT2D eigenvalue weighted by molar-refractivity contribution is 7.92. The van der Waals surface area contributed by atoms with Crippen LogP contribution in [-0.4, -0.2) is 85.2 Å². The zero-order valence-electron chi connectivity index (χ0n) is 24.8. The Balaban J connectivity index is 1.53. The maximum atomic E-state index is 13.1. The Morgan fingerprint density at radius 3 is 2.49 bits per heavy atom. The van der Waals surface area contributed by atoms with Gasteiger partial charge < -0.3 is 25.2 Å². The Morgan fingerprint density at radius 2 is 1.81 bits per heavy atom. The Hall–Kier alpha value is -4.10. The van der Waals surface area contributed by atoms with Crippen molar-refractivity contribution in [3.8, 4) is 5.75 Å². The molecule has 14 heteroatoms. The van der Waals surface area contributed by atoms with Gasteiger partial charge in [0, 0.05) is 37.9 Å². The molecule has 0 saturated carbocycles. The lowest BCUT2D eigenvalue weighted by Crippen LogP contribution is -2.42. The maximum Gasteiger partial charge on any atom is 0.325 e. The molecule has 2 aromatic carbocycles. The fourth-order valence-electron chi connectivity index (χ4n) is 4.59. The van der Waals surface area contributed by atoms with Crippen molar-refractivity contribution in [2.45, 2.75) is 37.8 Å². The quantitative estimate of drug-likeness (QED) is 0.286. The fourth-order valence-corrected chi connectivity index (χ4v) is 5.93. The van der Waals surface area contributed by atoms with Gasteiger partial charge in [-0.3, -0.25) is 9.69 Å². The number of rotatable bonds is 12. The number of anilines is 5. The highest BCUT2D eigenvalue weighted by Gasteiger charge is 2.32. The number of benzene rings is 2. The molecule has 1 aliphatic rings. The van der Waals surface area contributed by atoms with E-state index in [0.29, 0.717) is 49.0 Å². The van der Waals surface area contributed by atoms with Gasteiger partial charge >= 0.3 is 6.03 Å². The summed E-state index contributed by atoms with van der Waals surface area (Å²) in [4.78, 5) is 39.3. The SMILES string of the molecule is CCN(CC)C(=O)CN1CCN(c2ccc(Nc3ncc(Cl)c(Nc4ccccc4S(=O)(=O)C(C)C)n3)c(OC)c2)C1=O. The number of aromatic nitrogens is 2. The molecule has 0 spiro atoms. The maximum absolute atomic E-state index is 13.1. The lowest BCUT2D eigenvalue weighted by Gasteiger charge is -2.23. The number of hydrogen-bond donors (Lipinski definition) is 2. The van der Waals surface area contributed by atoms with Gasteiger partial charge in [0.15, 0.2) is 15.7 Å². The number of likely N-dealkylation sites (N-methyl/N-ethyl adjacent to an activating group) is 1. The molecule has 0 bridgehead atoms. The van der Waals surface area contributed by atoms with Gasteiger partial charge in [-0.15, -0.1) is 0 Å². The van der Waals surface area contributed by atoms with Crippen LogP contribution < -0.4 is 20.3 Å². The summed E-state index contributed by atoms with van der Waals surface area (Å²) in [6.07, 6.45) is 1.40. The molecule has 3 aromatic rings. The molecule has 3 amide bonds. The molecule has 1 saturated heterocycles. The second kappa shape index (κ2) is 13.5. The molecule has 0 radical (unpaired) electrons. The van der Waals surface area contributed by atoms with E-state index in [0.717, 1.165) is 0 Å². The van der Waals surface area contributed by atoms with E-state index in [4.69, 9.17) is 16.3 Å². The number of carbonyl (C=O) groups is 2. The average Bonchev–Trinajstić information content (AvgIpc) is 3.35. The van der Waals surface area contributed by atoms with Gasteiger partial charge in [-0.05, 0) is 52.0 Å². The highest BCUT2D eigenvalue weighted by atomic mass is 35.5. The van der Waals surface area contributed by atoms with Gasteiger partial charge in [0.1, 0.15) is 17.3 Å². The minimum Gasteiger partial charge on any atom is -0.494 e. The average molecular weight is 630 g/mol. The summed E-state index contributed by atoms with van der Waals surface area (Å²) in [7, 11) is -2.06. The fraction of sp³-hybridized carbons (Fsp3) is 0.379. The van der Waals surface area contributed by atoms with Crippen LogP contribution in [0.2, 0.25) is 5.02 Å². The smallest absolute Gasteiger partial charge is 0.325 e. The van der Waals surface area contributed by atoms with E-state index >= 15 is 0 Å². The van der Waals surface area contributed by atoms with Gasteiger partial charge in [0.2, 0.25) is 11.9 Å². The van der Waals surface area contributed by atoms with Gasteiger partial charge in [0.05, 0.1) is 34.8 Å². The van der Waals surface area contributed by atoms with E-state index < -0.39 is 15.1 Å². The van der Waals surface area contributed by atoms with Crippen LogP contribution in [0.4, 0.5) is 33.6 Å². The number of amides is 3. The second-order valence-electron chi connectivity index (χ2n) is 10.0. The third-order valence-electron chi connectivity index (χ3n) is 7.09. The third kappa shape index (κ3) is 6.94. The summed E-state index contributed by atoms with van der Waals surface area (Å²) in [5, 5.41) is 5.71. The van der Waals surface area contributed by atoms with E-state index in [1.165, 1.54) is 19.4 Å². The van der Waals surface area contributed by atoms with Gasteiger partial charge in [-0.2, -0.15) is 4.98 Å². The lowest BCUT2D eigenvalue weighted by molar-refractivity contribution is -0.131. The van der Waals surface area contributed by atoms with Crippen LogP contribution >= 0.6 is 11.6 Å². The van der Waals surface area contributed by atoms with Crippen LogP contribution in [0.15, 0.2) is 53.6 Å². The van der Waals surface area contributed by atoms with Crippen molar-refractivity contribution < 1.29 is 22.7 Å². The largest absolute Gasteiger partial charge is 0.494 e. The summed E-state index contributed by atoms with van der Waals surface area (Å²) >= 11 is 6.37. The number of halogens is 1. The van der Waals surface area contributed by atoms with Crippen LogP contribution in [0.3, 0.4) is 0 Å². The number of ether oxygens (including phenoxy) is 1. The van der Waals surface area contributed by atoms with Crippen molar-refractivity contribution in [1.29, 1.82) is 0 Å². The molecule has 2 heterocycles. The Bertz CT molecular complexity index is 1600. The molecule has 0 atom stereocenters. The summed E-state index contributed by atoms with van der Waals surface area (Å²) in [5.74, 6) is 0.743. The molecule has 230 valence electrons. The first-order valence-electron chi connectivity index (χ1n) is 13.9. The van der Waals surface area contributed by atoms with Crippen molar-refractivity contribution in [3.63, 3.8) is 0 Å². The number of carbonyl (C=O) groups excluding carboxylic acids is 2. The number of urea groups is 1.